The summed E-state index contributed by atoms with van der Waals surface area (Å²) in [6.45, 7) is 0. The molecule has 60 valence electrons. The van der Waals surface area contributed by atoms with E-state index in [1.165, 1.54) is 3.57 Å². The van der Waals surface area contributed by atoms with Crippen molar-refractivity contribution in [2.75, 3.05) is 0 Å². The van der Waals surface area contributed by atoms with Crippen molar-refractivity contribution in [2.45, 2.75) is 0 Å². The Labute approximate surface area is 83.6 Å². The molecule has 0 fully saturated rings. The van der Waals surface area contributed by atoms with Crippen LogP contribution in [0.4, 0.5) is 0 Å². The SMILES string of the molecule is Ic1cccc(-n2cnnc2)c1. The largest absolute Gasteiger partial charge is 0.288 e. The molecule has 1 heterocycles. The standard InChI is InChI=1S/C8H6IN3/c9-7-2-1-3-8(4-7)12-5-10-11-6-12/h1-6H. The van der Waals surface area contributed by atoms with Gasteiger partial charge >= 0.3 is 0 Å². The summed E-state index contributed by atoms with van der Waals surface area (Å²) >= 11 is 2.28. The lowest BCUT2D eigenvalue weighted by Crippen LogP contribution is -1.89. The van der Waals surface area contributed by atoms with Crippen LogP contribution in [0.5, 0.6) is 0 Å². The molecule has 0 N–H and O–H groups in total. The molecule has 1 aromatic heterocycles. The van der Waals surface area contributed by atoms with E-state index in [2.05, 4.69) is 44.9 Å². The zero-order valence-corrected chi connectivity index (χ0v) is 8.34. The van der Waals surface area contributed by atoms with Crippen LogP contribution in [0.3, 0.4) is 0 Å². The lowest BCUT2D eigenvalue weighted by molar-refractivity contribution is 1.05. The molecule has 0 aliphatic carbocycles. The van der Waals surface area contributed by atoms with Gasteiger partial charge in [0.2, 0.25) is 0 Å². The molecule has 0 bridgehead atoms. The second-order valence-electron chi connectivity index (χ2n) is 2.35. The van der Waals surface area contributed by atoms with Crippen LogP contribution in [0.2, 0.25) is 0 Å². The highest BCUT2D eigenvalue weighted by molar-refractivity contribution is 14.1. The van der Waals surface area contributed by atoms with Crippen molar-refractivity contribution >= 4 is 22.6 Å². The molecule has 12 heavy (non-hydrogen) atoms. The second-order valence-corrected chi connectivity index (χ2v) is 3.59. The van der Waals surface area contributed by atoms with Crippen LogP contribution in [0.25, 0.3) is 5.69 Å². The van der Waals surface area contributed by atoms with Crippen molar-refractivity contribution in [3.63, 3.8) is 0 Å². The van der Waals surface area contributed by atoms with Gasteiger partial charge in [0.25, 0.3) is 0 Å². The number of hydrogen-bond acceptors (Lipinski definition) is 2. The second kappa shape index (κ2) is 3.22. The van der Waals surface area contributed by atoms with Gasteiger partial charge in [0.15, 0.2) is 0 Å². The number of aromatic nitrogens is 3. The van der Waals surface area contributed by atoms with E-state index in [0.717, 1.165) is 5.69 Å². The molecule has 0 aliphatic heterocycles. The number of nitrogens with zero attached hydrogens (tertiary/aromatic N) is 3. The Kier molecular flexibility index (Phi) is 2.07. The Hall–Kier alpha value is -0.910. The summed E-state index contributed by atoms with van der Waals surface area (Å²) in [5.74, 6) is 0. The third-order valence-corrected chi connectivity index (χ3v) is 2.20. The topological polar surface area (TPSA) is 30.7 Å². The number of benzene rings is 1. The van der Waals surface area contributed by atoms with Crippen molar-refractivity contribution in [1.29, 1.82) is 0 Å². The third-order valence-electron chi connectivity index (χ3n) is 1.53. The summed E-state index contributed by atoms with van der Waals surface area (Å²) in [6, 6.07) is 8.15. The molecule has 2 aromatic rings. The fraction of sp³-hybridized carbons (Fsp3) is 0. The molecule has 0 aliphatic rings. The van der Waals surface area contributed by atoms with E-state index in [4.69, 9.17) is 0 Å². The Balaban J connectivity index is 2.48. The minimum absolute atomic E-state index is 1.09. The average molecular weight is 271 g/mol. The molecule has 3 nitrogen and oxygen atoms in total. The smallest absolute Gasteiger partial charge is 0.123 e. The van der Waals surface area contributed by atoms with E-state index in [0.29, 0.717) is 0 Å². The summed E-state index contributed by atoms with van der Waals surface area (Å²) in [4.78, 5) is 0. The predicted molar refractivity (Wildman–Crippen MR) is 54.1 cm³/mol. The van der Waals surface area contributed by atoms with Crippen molar-refractivity contribution in [3.05, 3.63) is 40.5 Å². The van der Waals surface area contributed by atoms with E-state index in [-0.39, 0.29) is 0 Å². The van der Waals surface area contributed by atoms with Crippen molar-refractivity contribution in [1.82, 2.24) is 14.8 Å². The summed E-state index contributed by atoms with van der Waals surface area (Å²) in [7, 11) is 0. The molecule has 0 unspecified atom stereocenters. The maximum absolute atomic E-state index is 3.74. The zero-order valence-electron chi connectivity index (χ0n) is 6.18. The molecular weight excluding hydrogens is 265 g/mol. The lowest BCUT2D eigenvalue weighted by atomic mass is 10.3. The molecule has 0 radical (unpaired) electrons. The van der Waals surface area contributed by atoms with E-state index < -0.39 is 0 Å². The summed E-state index contributed by atoms with van der Waals surface area (Å²) < 4.78 is 3.08. The molecule has 1 aromatic carbocycles. The molecular formula is C8H6IN3. The molecule has 0 saturated carbocycles. The van der Waals surface area contributed by atoms with Crippen molar-refractivity contribution in [2.24, 2.45) is 0 Å². The summed E-state index contributed by atoms with van der Waals surface area (Å²) in [5.41, 5.74) is 1.09. The van der Waals surface area contributed by atoms with Crippen molar-refractivity contribution in [3.8, 4) is 5.69 Å². The van der Waals surface area contributed by atoms with Crippen LogP contribution in [-0.2, 0) is 0 Å². The van der Waals surface area contributed by atoms with Gasteiger partial charge in [-0.3, -0.25) is 4.57 Å². The molecule has 2 rings (SSSR count). The minimum atomic E-state index is 1.09. The van der Waals surface area contributed by atoms with Crippen LogP contribution in [0.15, 0.2) is 36.9 Å². The maximum Gasteiger partial charge on any atom is 0.123 e. The first-order valence-corrected chi connectivity index (χ1v) is 4.55. The van der Waals surface area contributed by atoms with Gasteiger partial charge in [0.05, 0.1) is 0 Å². The number of hydrogen-bond donors (Lipinski definition) is 0. The zero-order chi connectivity index (χ0) is 8.39. The lowest BCUT2D eigenvalue weighted by Gasteiger charge is -1.99. The van der Waals surface area contributed by atoms with Gasteiger partial charge in [-0.25, -0.2) is 0 Å². The van der Waals surface area contributed by atoms with Gasteiger partial charge in [-0.15, -0.1) is 10.2 Å². The average Bonchev–Trinajstić information content (AvgIpc) is 2.56. The number of rotatable bonds is 1. The highest BCUT2D eigenvalue weighted by Crippen LogP contribution is 2.10. The Bertz CT molecular complexity index is 370. The molecule has 0 spiro atoms. The van der Waals surface area contributed by atoms with Crippen LogP contribution >= 0.6 is 22.6 Å². The fourth-order valence-electron chi connectivity index (χ4n) is 0.971. The quantitative estimate of drug-likeness (QED) is 0.741. The normalized spacial score (nSPS) is 10.1. The van der Waals surface area contributed by atoms with Gasteiger partial charge < -0.3 is 0 Å². The van der Waals surface area contributed by atoms with E-state index in [1.807, 2.05) is 16.7 Å². The Morgan fingerprint density at radius 2 is 1.92 bits per heavy atom. The van der Waals surface area contributed by atoms with E-state index in [9.17, 15) is 0 Å². The van der Waals surface area contributed by atoms with E-state index >= 15 is 0 Å². The van der Waals surface area contributed by atoms with Gasteiger partial charge in [-0.1, -0.05) is 6.07 Å². The van der Waals surface area contributed by atoms with E-state index in [1.54, 1.807) is 12.7 Å². The fourth-order valence-corrected chi connectivity index (χ4v) is 1.50. The minimum Gasteiger partial charge on any atom is -0.288 e. The Morgan fingerprint density at radius 1 is 1.17 bits per heavy atom. The Morgan fingerprint density at radius 3 is 2.58 bits per heavy atom. The maximum atomic E-state index is 3.74. The first-order valence-electron chi connectivity index (χ1n) is 3.47. The molecule has 0 amide bonds. The van der Waals surface area contributed by atoms with Gasteiger partial charge in [-0.2, -0.15) is 0 Å². The van der Waals surface area contributed by atoms with Crippen LogP contribution in [-0.4, -0.2) is 14.8 Å². The van der Waals surface area contributed by atoms with Gasteiger partial charge in [0.1, 0.15) is 12.7 Å². The van der Waals surface area contributed by atoms with Gasteiger partial charge in [0, 0.05) is 9.26 Å². The van der Waals surface area contributed by atoms with Crippen LogP contribution < -0.4 is 0 Å². The predicted octanol–water partition coefficient (Wildman–Crippen LogP) is 1.87. The van der Waals surface area contributed by atoms with Gasteiger partial charge in [-0.05, 0) is 40.8 Å². The summed E-state index contributed by atoms with van der Waals surface area (Å²) in [5, 5.41) is 7.48. The molecule has 4 heteroatoms. The number of halogens is 1. The highest BCUT2D eigenvalue weighted by atomic mass is 127. The van der Waals surface area contributed by atoms with Crippen LogP contribution in [0.1, 0.15) is 0 Å². The summed E-state index contributed by atoms with van der Waals surface area (Å²) in [6.07, 6.45) is 3.37. The third kappa shape index (κ3) is 1.47. The monoisotopic (exact) mass is 271 g/mol. The van der Waals surface area contributed by atoms with Crippen molar-refractivity contribution < 1.29 is 0 Å². The first kappa shape index (κ1) is 7.72. The molecule has 0 atom stereocenters. The molecule has 0 saturated heterocycles. The first-order chi connectivity index (χ1) is 5.86. The highest BCUT2D eigenvalue weighted by Gasteiger charge is 1.94. The van der Waals surface area contributed by atoms with Crippen LogP contribution in [0, 0.1) is 3.57 Å².